The molecule has 0 radical (unpaired) electrons. The number of hydrogen-bond acceptors (Lipinski definition) is 4. The molecule has 0 bridgehead atoms. The molecule has 0 aliphatic heterocycles. The third kappa shape index (κ3) is 5.28. The highest BCUT2D eigenvalue weighted by molar-refractivity contribution is 6.32. The Morgan fingerprint density at radius 2 is 1.88 bits per heavy atom. The summed E-state index contributed by atoms with van der Waals surface area (Å²) in [6, 6.07) is 3.32. The summed E-state index contributed by atoms with van der Waals surface area (Å²) in [7, 11) is 5.08. The van der Waals surface area contributed by atoms with Crippen molar-refractivity contribution in [3.63, 3.8) is 0 Å². The summed E-state index contributed by atoms with van der Waals surface area (Å²) in [6.07, 6.45) is 6.51. The van der Waals surface area contributed by atoms with Crippen molar-refractivity contribution in [1.82, 2.24) is 4.90 Å². The molecule has 0 atom stereocenters. The Morgan fingerprint density at radius 3 is 2.50 bits per heavy atom. The minimum absolute atomic E-state index is 0.0732. The lowest BCUT2D eigenvalue weighted by atomic mass is 9.89. The second kappa shape index (κ2) is 9.14. The van der Waals surface area contributed by atoms with Crippen LogP contribution < -0.4 is 14.8 Å². The van der Waals surface area contributed by atoms with Crippen LogP contribution in [0.4, 0.5) is 5.69 Å². The Morgan fingerprint density at radius 1 is 1.21 bits per heavy atom. The number of amides is 1. The number of benzene rings is 1. The molecular formula is C18H27ClN2O3. The first-order valence-corrected chi connectivity index (χ1v) is 8.81. The molecule has 0 aromatic heterocycles. The van der Waals surface area contributed by atoms with Crippen molar-refractivity contribution in [3.8, 4) is 11.5 Å². The summed E-state index contributed by atoms with van der Waals surface area (Å²) in [6.45, 7) is 1.32. The predicted octanol–water partition coefficient (Wildman–Crippen LogP) is 3.81. The smallest absolute Gasteiger partial charge is 0.238 e. The normalized spacial score (nSPS) is 15.4. The molecule has 0 saturated heterocycles. The third-order valence-electron chi connectivity index (χ3n) is 4.46. The molecule has 1 N–H and O–H groups in total. The largest absolute Gasteiger partial charge is 0.495 e. The summed E-state index contributed by atoms with van der Waals surface area (Å²) in [5.74, 6) is 1.66. The van der Waals surface area contributed by atoms with E-state index in [9.17, 15) is 4.79 Å². The van der Waals surface area contributed by atoms with E-state index in [-0.39, 0.29) is 5.91 Å². The first kappa shape index (κ1) is 18.9. The van der Waals surface area contributed by atoms with Gasteiger partial charge in [-0.05, 0) is 25.8 Å². The van der Waals surface area contributed by atoms with Gasteiger partial charge in [0.05, 0.1) is 31.5 Å². The van der Waals surface area contributed by atoms with Gasteiger partial charge in [-0.2, -0.15) is 0 Å². The fraction of sp³-hybridized carbons (Fsp3) is 0.611. The van der Waals surface area contributed by atoms with E-state index >= 15 is 0 Å². The van der Waals surface area contributed by atoms with Crippen LogP contribution in [0.15, 0.2) is 12.1 Å². The highest BCUT2D eigenvalue weighted by atomic mass is 35.5. The summed E-state index contributed by atoms with van der Waals surface area (Å²) < 4.78 is 10.5. The van der Waals surface area contributed by atoms with Crippen molar-refractivity contribution in [2.45, 2.75) is 32.1 Å². The van der Waals surface area contributed by atoms with E-state index in [1.54, 1.807) is 19.2 Å². The first-order chi connectivity index (χ1) is 11.5. The number of carbonyl (C=O) groups is 1. The van der Waals surface area contributed by atoms with Crippen LogP contribution in [0, 0.1) is 5.92 Å². The molecule has 1 aromatic carbocycles. The van der Waals surface area contributed by atoms with E-state index in [1.807, 2.05) is 7.05 Å². The molecule has 1 fully saturated rings. The van der Waals surface area contributed by atoms with Crippen LogP contribution in [-0.2, 0) is 4.79 Å². The van der Waals surface area contributed by atoms with Crippen molar-refractivity contribution >= 4 is 23.2 Å². The second-order valence-corrected chi connectivity index (χ2v) is 6.84. The number of anilines is 1. The van der Waals surface area contributed by atoms with E-state index in [4.69, 9.17) is 21.1 Å². The number of nitrogens with zero attached hydrogens (tertiary/aromatic N) is 1. The van der Waals surface area contributed by atoms with E-state index in [1.165, 1.54) is 39.2 Å². The number of likely N-dealkylation sites (N-methyl/N-ethyl adjacent to an activating group) is 1. The minimum Gasteiger partial charge on any atom is -0.495 e. The zero-order valence-corrected chi connectivity index (χ0v) is 15.5. The quantitative estimate of drug-likeness (QED) is 0.809. The fourth-order valence-electron chi connectivity index (χ4n) is 3.27. The van der Waals surface area contributed by atoms with Gasteiger partial charge in [0.15, 0.2) is 0 Å². The monoisotopic (exact) mass is 354 g/mol. The van der Waals surface area contributed by atoms with E-state index in [0.29, 0.717) is 34.7 Å². The highest BCUT2D eigenvalue weighted by Gasteiger charge is 2.18. The molecule has 1 aliphatic carbocycles. The molecule has 1 aromatic rings. The molecule has 0 spiro atoms. The van der Waals surface area contributed by atoms with Crippen molar-refractivity contribution in [1.29, 1.82) is 0 Å². The van der Waals surface area contributed by atoms with Gasteiger partial charge >= 0.3 is 0 Å². The lowest BCUT2D eigenvalue weighted by Gasteiger charge is -2.26. The van der Waals surface area contributed by atoms with E-state index < -0.39 is 0 Å². The average Bonchev–Trinajstić information content (AvgIpc) is 2.56. The van der Waals surface area contributed by atoms with Gasteiger partial charge in [0.25, 0.3) is 0 Å². The maximum absolute atomic E-state index is 12.3. The lowest BCUT2D eigenvalue weighted by molar-refractivity contribution is -0.117. The van der Waals surface area contributed by atoms with Crippen molar-refractivity contribution in [2.24, 2.45) is 5.92 Å². The van der Waals surface area contributed by atoms with Gasteiger partial charge in [0, 0.05) is 18.7 Å². The van der Waals surface area contributed by atoms with Gasteiger partial charge in [-0.3, -0.25) is 9.69 Å². The average molecular weight is 355 g/mol. The standard InChI is InChI=1S/C18H27ClN2O3/c1-21(11-13-7-5-4-6-8-13)12-18(22)20-15-10-16(23-2)14(19)9-17(15)24-3/h9-10,13H,4-8,11-12H2,1-3H3,(H,20,22). The van der Waals surface area contributed by atoms with Crippen molar-refractivity contribution in [3.05, 3.63) is 17.2 Å². The lowest BCUT2D eigenvalue weighted by Crippen LogP contribution is -2.34. The summed E-state index contributed by atoms with van der Waals surface area (Å²) in [5, 5.41) is 3.33. The van der Waals surface area contributed by atoms with Crippen LogP contribution in [0.25, 0.3) is 0 Å². The molecular weight excluding hydrogens is 328 g/mol. The Labute approximate surface area is 149 Å². The maximum atomic E-state index is 12.3. The number of halogens is 1. The Balaban J connectivity index is 1.93. The summed E-state index contributed by atoms with van der Waals surface area (Å²) >= 11 is 6.08. The zero-order valence-electron chi connectivity index (χ0n) is 14.7. The zero-order chi connectivity index (χ0) is 17.5. The summed E-state index contributed by atoms with van der Waals surface area (Å²) in [5.41, 5.74) is 0.565. The van der Waals surface area contributed by atoms with Crippen LogP contribution in [0.1, 0.15) is 32.1 Å². The molecule has 6 heteroatoms. The summed E-state index contributed by atoms with van der Waals surface area (Å²) in [4.78, 5) is 14.4. The molecule has 2 rings (SSSR count). The van der Waals surface area contributed by atoms with Crippen LogP contribution in [-0.4, -0.2) is 45.2 Å². The molecule has 1 amide bonds. The van der Waals surface area contributed by atoms with E-state index in [0.717, 1.165) is 6.54 Å². The number of carbonyl (C=O) groups excluding carboxylic acids is 1. The van der Waals surface area contributed by atoms with Crippen molar-refractivity contribution in [2.75, 3.05) is 39.7 Å². The Kier molecular flexibility index (Phi) is 7.18. The minimum atomic E-state index is -0.0732. The number of rotatable bonds is 7. The second-order valence-electron chi connectivity index (χ2n) is 6.44. The van der Waals surface area contributed by atoms with Crippen LogP contribution in [0.5, 0.6) is 11.5 Å². The molecule has 0 heterocycles. The number of ether oxygens (including phenoxy) is 2. The number of methoxy groups -OCH3 is 2. The third-order valence-corrected chi connectivity index (χ3v) is 4.75. The fourth-order valence-corrected chi connectivity index (χ4v) is 3.50. The van der Waals surface area contributed by atoms with E-state index in [2.05, 4.69) is 10.2 Å². The molecule has 0 unspecified atom stereocenters. The van der Waals surface area contributed by atoms with Crippen LogP contribution in [0.3, 0.4) is 0 Å². The number of hydrogen-bond donors (Lipinski definition) is 1. The Hall–Kier alpha value is -1.46. The Bertz CT molecular complexity index is 559. The van der Waals surface area contributed by atoms with Gasteiger partial charge < -0.3 is 14.8 Å². The topological polar surface area (TPSA) is 50.8 Å². The van der Waals surface area contributed by atoms with Crippen molar-refractivity contribution < 1.29 is 14.3 Å². The number of nitrogens with one attached hydrogen (secondary N) is 1. The predicted molar refractivity (Wildman–Crippen MR) is 97.3 cm³/mol. The van der Waals surface area contributed by atoms with Gasteiger partial charge in [-0.25, -0.2) is 0 Å². The molecule has 5 nitrogen and oxygen atoms in total. The van der Waals surface area contributed by atoms with Gasteiger partial charge in [0.1, 0.15) is 11.5 Å². The van der Waals surface area contributed by atoms with Gasteiger partial charge in [-0.1, -0.05) is 30.9 Å². The van der Waals surface area contributed by atoms with Crippen LogP contribution in [0.2, 0.25) is 5.02 Å². The highest BCUT2D eigenvalue weighted by Crippen LogP contribution is 2.35. The maximum Gasteiger partial charge on any atom is 0.238 e. The molecule has 134 valence electrons. The molecule has 1 saturated carbocycles. The SMILES string of the molecule is COc1cc(NC(=O)CN(C)CC2CCCCC2)c(OC)cc1Cl. The first-order valence-electron chi connectivity index (χ1n) is 8.43. The van der Waals surface area contributed by atoms with Gasteiger partial charge in [0.2, 0.25) is 5.91 Å². The molecule has 24 heavy (non-hydrogen) atoms. The van der Waals surface area contributed by atoms with Gasteiger partial charge in [-0.15, -0.1) is 0 Å². The van der Waals surface area contributed by atoms with Crippen LogP contribution >= 0.6 is 11.6 Å². The molecule has 1 aliphatic rings.